The quantitative estimate of drug-likeness (QED) is 0.821. The van der Waals surface area contributed by atoms with Crippen LogP contribution in [0.4, 0.5) is 0 Å². The van der Waals surface area contributed by atoms with Gasteiger partial charge in [0.05, 0.1) is 5.70 Å². The smallest absolute Gasteiger partial charge is 0.180 e. The fourth-order valence-electron chi connectivity index (χ4n) is 3.98. The van der Waals surface area contributed by atoms with E-state index in [0.717, 1.165) is 36.6 Å². The molecule has 0 bridgehead atoms. The highest BCUT2D eigenvalue weighted by Gasteiger charge is 2.40. The normalized spacial score (nSPS) is 27.5. The van der Waals surface area contributed by atoms with Crippen molar-refractivity contribution < 1.29 is 0 Å². The van der Waals surface area contributed by atoms with E-state index in [0.29, 0.717) is 12.0 Å². The lowest BCUT2D eigenvalue weighted by Gasteiger charge is -2.41. The molecule has 1 aromatic carbocycles. The van der Waals surface area contributed by atoms with Crippen LogP contribution >= 0.6 is 11.6 Å². The van der Waals surface area contributed by atoms with E-state index in [9.17, 15) is 0 Å². The molecule has 0 spiro atoms. The zero-order valence-corrected chi connectivity index (χ0v) is 13.3. The van der Waals surface area contributed by atoms with Crippen LogP contribution in [0.1, 0.15) is 42.5 Å². The van der Waals surface area contributed by atoms with Gasteiger partial charge in [0.25, 0.3) is 0 Å². The fourth-order valence-corrected chi connectivity index (χ4v) is 4.30. The maximum atomic E-state index is 6.50. The van der Waals surface area contributed by atoms with Crippen LogP contribution in [0, 0.1) is 12.8 Å². The number of halogens is 1. The molecule has 1 aromatic heterocycles. The Morgan fingerprint density at radius 3 is 2.73 bits per heavy atom. The molecule has 4 rings (SSSR count). The number of nitrogens with two attached hydrogens (primary N) is 1. The number of benzene rings is 1. The van der Waals surface area contributed by atoms with E-state index in [4.69, 9.17) is 17.3 Å². The Balaban J connectivity index is 1.93. The Hall–Kier alpha value is -1.81. The summed E-state index contributed by atoms with van der Waals surface area (Å²) in [6, 6.07) is 10.7. The first-order valence-electron chi connectivity index (χ1n) is 7.78. The Morgan fingerprint density at radius 2 is 1.95 bits per heavy atom. The lowest BCUT2D eigenvalue weighted by molar-refractivity contribution is 0.284. The summed E-state index contributed by atoms with van der Waals surface area (Å²) in [6.07, 6.45) is 3.03. The largest absolute Gasteiger partial charge is 0.395 e. The molecule has 2 aromatic rings. The number of hydrogen-bond donors (Lipinski definition) is 1. The topological polar surface area (TPSA) is 56.7 Å². The Labute approximate surface area is 135 Å². The van der Waals surface area contributed by atoms with Gasteiger partial charge in [-0.05, 0) is 37.3 Å². The van der Waals surface area contributed by atoms with Crippen molar-refractivity contribution in [3.05, 3.63) is 47.5 Å². The predicted octanol–water partition coefficient (Wildman–Crippen LogP) is 3.38. The van der Waals surface area contributed by atoms with Crippen molar-refractivity contribution >= 4 is 22.9 Å². The number of aromatic nitrogens is 3. The minimum Gasteiger partial charge on any atom is -0.395 e. The molecular weight excluding hydrogens is 296 g/mol. The summed E-state index contributed by atoms with van der Waals surface area (Å²) < 4.78 is 2.22. The van der Waals surface area contributed by atoms with Crippen LogP contribution in [0.25, 0.3) is 11.3 Å². The van der Waals surface area contributed by atoms with Gasteiger partial charge in [0, 0.05) is 17.3 Å². The van der Waals surface area contributed by atoms with Crippen LogP contribution < -0.4 is 5.73 Å². The van der Waals surface area contributed by atoms with Crippen molar-refractivity contribution in [3.8, 4) is 0 Å². The van der Waals surface area contributed by atoms with E-state index in [1.807, 2.05) is 13.0 Å². The highest BCUT2D eigenvalue weighted by Crippen LogP contribution is 2.49. The van der Waals surface area contributed by atoms with Crippen LogP contribution in [0.5, 0.6) is 0 Å². The van der Waals surface area contributed by atoms with Crippen molar-refractivity contribution in [1.82, 2.24) is 14.8 Å². The number of nitrogens with zero attached hydrogens (tertiary/aromatic N) is 3. The van der Waals surface area contributed by atoms with Crippen molar-refractivity contribution in [2.45, 2.75) is 37.6 Å². The summed E-state index contributed by atoms with van der Waals surface area (Å²) in [4.78, 5) is 0. The van der Waals surface area contributed by atoms with Crippen molar-refractivity contribution in [2.24, 2.45) is 11.7 Å². The minimum atomic E-state index is 0.214. The van der Waals surface area contributed by atoms with E-state index in [-0.39, 0.29) is 5.38 Å². The second kappa shape index (κ2) is 5.13. The predicted molar refractivity (Wildman–Crippen MR) is 88.2 cm³/mol. The first-order chi connectivity index (χ1) is 10.7. The molecule has 1 aliphatic carbocycles. The molecule has 0 radical (unpaired) electrons. The third-order valence-electron chi connectivity index (χ3n) is 4.93. The lowest BCUT2D eigenvalue weighted by Crippen LogP contribution is -2.35. The number of aryl methyl sites for hydroxylation is 1. The average molecular weight is 315 g/mol. The number of alkyl halides is 1. The molecule has 5 heteroatoms. The van der Waals surface area contributed by atoms with Crippen LogP contribution in [0.15, 0.2) is 30.3 Å². The zero-order chi connectivity index (χ0) is 15.3. The van der Waals surface area contributed by atoms with Crippen molar-refractivity contribution in [3.63, 3.8) is 0 Å². The third kappa shape index (κ3) is 1.97. The van der Waals surface area contributed by atoms with Gasteiger partial charge < -0.3 is 10.3 Å². The Kier molecular flexibility index (Phi) is 3.22. The summed E-state index contributed by atoms with van der Waals surface area (Å²) in [5.74, 6) is 2.08. The monoisotopic (exact) mass is 314 g/mol. The van der Waals surface area contributed by atoms with Gasteiger partial charge in [-0.25, -0.2) is 0 Å². The molecule has 2 N–H and O–H groups in total. The molecule has 1 aliphatic heterocycles. The highest BCUT2D eigenvalue weighted by atomic mass is 35.5. The van der Waals surface area contributed by atoms with Gasteiger partial charge in [-0.15, -0.1) is 21.8 Å². The van der Waals surface area contributed by atoms with Crippen LogP contribution in [-0.2, 0) is 0 Å². The second-order valence-electron chi connectivity index (χ2n) is 6.22. The fraction of sp³-hybridized carbons (Fsp3) is 0.412. The lowest BCUT2D eigenvalue weighted by atomic mass is 9.74. The van der Waals surface area contributed by atoms with E-state index in [1.54, 1.807) is 0 Å². The summed E-state index contributed by atoms with van der Waals surface area (Å²) in [5, 5.41) is 8.79. The molecule has 1 fully saturated rings. The first-order valence-corrected chi connectivity index (χ1v) is 8.21. The van der Waals surface area contributed by atoms with Crippen LogP contribution in [-0.4, -0.2) is 20.1 Å². The maximum absolute atomic E-state index is 6.50. The van der Waals surface area contributed by atoms with Gasteiger partial charge in [-0.1, -0.05) is 30.3 Å². The number of allylic oxidation sites excluding steroid dienone is 1. The summed E-state index contributed by atoms with van der Waals surface area (Å²) in [6.45, 7) is 2.00. The van der Waals surface area contributed by atoms with E-state index < -0.39 is 0 Å². The average Bonchev–Trinajstić information content (AvgIpc) is 2.91. The van der Waals surface area contributed by atoms with Gasteiger partial charge in [0.1, 0.15) is 5.82 Å². The molecule has 2 heterocycles. The number of rotatable bonds is 1. The molecule has 3 unspecified atom stereocenters. The molecule has 0 amide bonds. The summed E-state index contributed by atoms with van der Waals surface area (Å²) in [5.41, 5.74) is 9.61. The minimum absolute atomic E-state index is 0.214. The molecular formula is C17H19ClN4. The van der Waals surface area contributed by atoms with E-state index in [1.165, 1.54) is 11.1 Å². The van der Waals surface area contributed by atoms with Crippen LogP contribution in [0.3, 0.4) is 0 Å². The van der Waals surface area contributed by atoms with Gasteiger partial charge in [-0.3, -0.25) is 0 Å². The zero-order valence-electron chi connectivity index (χ0n) is 12.5. The van der Waals surface area contributed by atoms with E-state index in [2.05, 4.69) is 39.0 Å². The summed E-state index contributed by atoms with van der Waals surface area (Å²) >= 11 is 6.47. The van der Waals surface area contributed by atoms with Gasteiger partial charge in [-0.2, -0.15) is 0 Å². The summed E-state index contributed by atoms with van der Waals surface area (Å²) in [7, 11) is 0. The molecule has 114 valence electrons. The Morgan fingerprint density at radius 1 is 1.18 bits per heavy atom. The highest BCUT2D eigenvalue weighted by molar-refractivity contribution is 6.20. The van der Waals surface area contributed by atoms with Gasteiger partial charge in [0.15, 0.2) is 5.82 Å². The number of hydrogen-bond acceptors (Lipinski definition) is 3. The molecule has 2 aliphatic rings. The van der Waals surface area contributed by atoms with Crippen LogP contribution in [0.2, 0.25) is 0 Å². The van der Waals surface area contributed by atoms with E-state index >= 15 is 0 Å². The Bertz CT molecular complexity index is 734. The first kappa shape index (κ1) is 13.8. The standard InChI is InChI=1S/C17H19ClN4/c1-10-20-21-17-16(19)15(11-5-3-2-4-6-11)13-9-12(18)7-8-14(13)22(10)17/h2-6,12-14H,7-9,19H2,1H3. The molecule has 4 nitrogen and oxygen atoms in total. The second-order valence-corrected chi connectivity index (χ2v) is 6.84. The molecule has 22 heavy (non-hydrogen) atoms. The maximum Gasteiger partial charge on any atom is 0.180 e. The SMILES string of the molecule is Cc1nnc2n1C1CCC(Cl)CC1C(c1ccccc1)=C2N. The molecule has 0 saturated heterocycles. The molecule has 3 atom stereocenters. The van der Waals surface area contributed by atoms with Crippen molar-refractivity contribution in [2.75, 3.05) is 0 Å². The van der Waals surface area contributed by atoms with Gasteiger partial charge >= 0.3 is 0 Å². The number of fused-ring (bicyclic) bond motifs is 3. The third-order valence-corrected chi connectivity index (χ3v) is 5.33. The van der Waals surface area contributed by atoms with Crippen molar-refractivity contribution in [1.29, 1.82) is 0 Å². The van der Waals surface area contributed by atoms with Gasteiger partial charge in [0.2, 0.25) is 0 Å². The molecule has 1 saturated carbocycles.